The zero-order valence-electron chi connectivity index (χ0n) is 8.05. The standard InChI is InChI=1S/C10H13NO2/c1-6-4-8(7(2)12)9(11)5-10(6)13-3/h4-5H,11H2,1-3H3. The summed E-state index contributed by atoms with van der Waals surface area (Å²) in [7, 11) is 1.58. The van der Waals surface area contributed by atoms with E-state index in [1.807, 2.05) is 6.92 Å². The van der Waals surface area contributed by atoms with Crippen LogP contribution < -0.4 is 10.5 Å². The molecule has 3 nitrogen and oxygen atoms in total. The van der Waals surface area contributed by atoms with E-state index in [9.17, 15) is 4.79 Å². The third-order valence-corrected chi connectivity index (χ3v) is 1.95. The van der Waals surface area contributed by atoms with Gasteiger partial charge in [-0.05, 0) is 25.5 Å². The van der Waals surface area contributed by atoms with E-state index in [1.165, 1.54) is 6.92 Å². The molecule has 0 amide bonds. The van der Waals surface area contributed by atoms with E-state index in [4.69, 9.17) is 10.5 Å². The molecule has 0 atom stereocenters. The second-order valence-electron chi connectivity index (χ2n) is 2.97. The van der Waals surface area contributed by atoms with Gasteiger partial charge in [-0.3, -0.25) is 4.79 Å². The molecule has 0 unspecified atom stereocenters. The van der Waals surface area contributed by atoms with Gasteiger partial charge in [-0.15, -0.1) is 0 Å². The number of Topliss-reactive ketones (excluding diaryl/α,β-unsaturated/α-hetero) is 1. The van der Waals surface area contributed by atoms with Crippen LogP contribution in [0.1, 0.15) is 22.8 Å². The van der Waals surface area contributed by atoms with Gasteiger partial charge in [0.2, 0.25) is 0 Å². The number of aryl methyl sites for hydroxylation is 1. The summed E-state index contributed by atoms with van der Waals surface area (Å²) in [5.74, 6) is 0.686. The molecular weight excluding hydrogens is 166 g/mol. The summed E-state index contributed by atoms with van der Waals surface area (Å²) in [4.78, 5) is 11.1. The second-order valence-corrected chi connectivity index (χ2v) is 2.97. The normalized spacial score (nSPS) is 9.77. The quantitative estimate of drug-likeness (QED) is 0.556. The van der Waals surface area contributed by atoms with Gasteiger partial charge in [0.1, 0.15) is 5.75 Å². The number of methoxy groups -OCH3 is 1. The van der Waals surface area contributed by atoms with Gasteiger partial charge in [0.15, 0.2) is 5.78 Å². The third-order valence-electron chi connectivity index (χ3n) is 1.95. The monoisotopic (exact) mass is 179 g/mol. The van der Waals surface area contributed by atoms with Gasteiger partial charge >= 0.3 is 0 Å². The maximum atomic E-state index is 11.1. The van der Waals surface area contributed by atoms with Crippen molar-refractivity contribution < 1.29 is 9.53 Å². The fourth-order valence-electron chi connectivity index (χ4n) is 1.23. The molecule has 0 saturated carbocycles. The van der Waals surface area contributed by atoms with E-state index < -0.39 is 0 Å². The van der Waals surface area contributed by atoms with E-state index >= 15 is 0 Å². The molecule has 0 fully saturated rings. The van der Waals surface area contributed by atoms with Gasteiger partial charge in [0.05, 0.1) is 7.11 Å². The fourth-order valence-corrected chi connectivity index (χ4v) is 1.23. The molecule has 0 aliphatic rings. The van der Waals surface area contributed by atoms with Crippen molar-refractivity contribution in [2.45, 2.75) is 13.8 Å². The van der Waals surface area contributed by atoms with Gasteiger partial charge in [0, 0.05) is 17.3 Å². The van der Waals surface area contributed by atoms with Gasteiger partial charge in [-0.2, -0.15) is 0 Å². The van der Waals surface area contributed by atoms with Gasteiger partial charge in [-0.1, -0.05) is 0 Å². The van der Waals surface area contributed by atoms with Crippen molar-refractivity contribution in [2.75, 3.05) is 12.8 Å². The average Bonchev–Trinajstić information content (AvgIpc) is 2.07. The SMILES string of the molecule is COc1cc(N)c(C(C)=O)cc1C. The number of hydrogen-bond donors (Lipinski definition) is 1. The fraction of sp³-hybridized carbons (Fsp3) is 0.300. The Hall–Kier alpha value is -1.51. The number of carbonyl (C=O) groups excluding carboxylic acids is 1. The third kappa shape index (κ3) is 1.80. The molecule has 3 heteroatoms. The van der Waals surface area contributed by atoms with Gasteiger partial charge in [-0.25, -0.2) is 0 Å². The van der Waals surface area contributed by atoms with Crippen LogP contribution in [0, 0.1) is 6.92 Å². The van der Waals surface area contributed by atoms with Crippen LogP contribution in [0.3, 0.4) is 0 Å². The Kier molecular flexibility index (Phi) is 2.56. The lowest BCUT2D eigenvalue weighted by atomic mass is 10.1. The van der Waals surface area contributed by atoms with Crippen molar-refractivity contribution >= 4 is 11.5 Å². The first-order valence-corrected chi connectivity index (χ1v) is 4.01. The summed E-state index contributed by atoms with van der Waals surface area (Å²) in [5.41, 5.74) is 7.61. The van der Waals surface area contributed by atoms with Crippen molar-refractivity contribution in [1.29, 1.82) is 0 Å². The predicted molar refractivity (Wildman–Crippen MR) is 52.1 cm³/mol. The summed E-state index contributed by atoms with van der Waals surface area (Å²) in [5, 5.41) is 0. The predicted octanol–water partition coefficient (Wildman–Crippen LogP) is 1.79. The maximum absolute atomic E-state index is 11.1. The molecule has 1 aromatic carbocycles. The molecule has 2 N–H and O–H groups in total. The summed E-state index contributed by atoms with van der Waals surface area (Å²) in [6.07, 6.45) is 0. The van der Waals surface area contributed by atoms with E-state index in [2.05, 4.69) is 0 Å². The van der Waals surface area contributed by atoms with Crippen LogP contribution in [0.5, 0.6) is 5.75 Å². The van der Waals surface area contributed by atoms with Crippen LogP contribution >= 0.6 is 0 Å². The molecule has 0 bridgehead atoms. The minimum absolute atomic E-state index is 0.0248. The number of hydrogen-bond acceptors (Lipinski definition) is 3. The van der Waals surface area contributed by atoms with Crippen molar-refractivity contribution in [2.24, 2.45) is 0 Å². The number of anilines is 1. The van der Waals surface area contributed by atoms with Crippen LogP contribution in [0.2, 0.25) is 0 Å². The Morgan fingerprint density at radius 3 is 2.54 bits per heavy atom. The van der Waals surface area contributed by atoms with Crippen molar-refractivity contribution in [1.82, 2.24) is 0 Å². The van der Waals surface area contributed by atoms with Crippen LogP contribution in [-0.4, -0.2) is 12.9 Å². The molecule has 0 radical (unpaired) electrons. The highest BCUT2D eigenvalue weighted by Gasteiger charge is 2.08. The Morgan fingerprint density at radius 1 is 1.46 bits per heavy atom. The molecule has 0 aliphatic carbocycles. The number of rotatable bonds is 2. The lowest BCUT2D eigenvalue weighted by Gasteiger charge is -2.08. The molecule has 1 rings (SSSR count). The minimum Gasteiger partial charge on any atom is -0.496 e. The van der Waals surface area contributed by atoms with E-state index in [0.29, 0.717) is 17.0 Å². The van der Waals surface area contributed by atoms with Crippen molar-refractivity contribution in [3.63, 3.8) is 0 Å². The molecular formula is C10H13NO2. The smallest absolute Gasteiger partial charge is 0.161 e. The number of ketones is 1. The number of carbonyl (C=O) groups is 1. The summed E-state index contributed by atoms with van der Waals surface area (Å²) in [6, 6.07) is 3.42. The van der Waals surface area contributed by atoms with Crippen molar-refractivity contribution in [3.8, 4) is 5.75 Å². The summed E-state index contributed by atoms with van der Waals surface area (Å²) >= 11 is 0. The molecule has 0 saturated heterocycles. The molecule has 0 aromatic heterocycles. The molecule has 1 aromatic rings. The van der Waals surface area contributed by atoms with Crippen LogP contribution in [0.25, 0.3) is 0 Å². The van der Waals surface area contributed by atoms with Gasteiger partial charge < -0.3 is 10.5 Å². The Bertz CT molecular complexity index is 345. The number of ether oxygens (including phenoxy) is 1. The summed E-state index contributed by atoms with van der Waals surface area (Å²) in [6.45, 7) is 3.38. The highest BCUT2D eigenvalue weighted by atomic mass is 16.5. The first-order chi connectivity index (χ1) is 6.06. The van der Waals surface area contributed by atoms with Crippen molar-refractivity contribution in [3.05, 3.63) is 23.3 Å². The first-order valence-electron chi connectivity index (χ1n) is 4.01. The Labute approximate surface area is 77.5 Å². The zero-order valence-corrected chi connectivity index (χ0v) is 8.05. The number of nitrogens with two attached hydrogens (primary N) is 1. The van der Waals surface area contributed by atoms with E-state index in [1.54, 1.807) is 19.2 Å². The number of benzene rings is 1. The molecule has 13 heavy (non-hydrogen) atoms. The van der Waals surface area contributed by atoms with E-state index in [-0.39, 0.29) is 5.78 Å². The van der Waals surface area contributed by atoms with Crippen LogP contribution in [0.15, 0.2) is 12.1 Å². The largest absolute Gasteiger partial charge is 0.496 e. The maximum Gasteiger partial charge on any atom is 0.161 e. The molecule has 0 aliphatic heterocycles. The molecule has 0 spiro atoms. The van der Waals surface area contributed by atoms with Crippen LogP contribution in [-0.2, 0) is 0 Å². The van der Waals surface area contributed by atoms with E-state index in [0.717, 1.165) is 5.56 Å². The Morgan fingerprint density at radius 2 is 2.08 bits per heavy atom. The molecule has 70 valence electrons. The highest BCUT2D eigenvalue weighted by Crippen LogP contribution is 2.24. The molecule has 0 heterocycles. The highest BCUT2D eigenvalue weighted by molar-refractivity contribution is 5.99. The topological polar surface area (TPSA) is 52.3 Å². The minimum atomic E-state index is -0.0248. The zero-order chi connectivity index (χ0) is 10.0. The average molecular weight is 179 g/mol. The Balaban J connectivity index is 3.28. The first kappa shape index (κ1) is 9.58. The lowest BCUT2D eigenvalue weighted by Crippen LogP contribution is -2.01. The second kappa shape index (κ2) is 3.47. The summed E-state index contributed by atoms with van der Waals surface area (Å²) < 4.78 is 5.07. The lowest BCUT2D eigenvalue weighted by molar-refractivity contribution is 0.101. The van der Waals surface area contributed by atoms with Crippen LogP contribution in [0.4, 0.5) is 5.69 Å². The number of nitrogen functional groups attached to an aromatic ring is 1. The van der Waals surface area contributed by atoms with Gasteiger partial charge in [0.25, 0.3) is 0 Å².